The zero-order valence-electron chi connectivity index (χ0n) is 12.3. The summed E-state index contributed by atoms with van der Waals surface area (Å²) >= 11 is 0. The lowest BCUT2D eigenvalue weighted by molar-refractivity contribution is 0.239. The van der Waals surface area contributed by atoms with Gasteiger partial charge >= 0.3 is 6.03 Å². The lowest BCUT2D eigenvalue weighted by atomic mass is 10.0. The van der Waals surface area contributed by atoms with E-state index < -0.39 is 11.8 Å². The summed E-state index contributed by atoms with van der Waals surface area (Å²) < 4.78 is 13.7. The highest BCUT2D eigenvalue weighted by molar-refractivity contribution is 5.89. The van der Waals surface area contributed by atoms with Crippen molar-refractivity contribution in [2.75, 3.05) is 11.9 Å². The molecule has 0 spiro atoms. The molecule has 2 aromatic rings. The van der Waals surface area contributed by atoms with Gasteiger partial charge in [0.1, 0.15) is 5.82 Å². The number of carbonyl (C=O) groups excluding carboxylic acids is 1. The Hall–Kier alpha value is -2.40. The highest BCUT2D eigenvalue weighted by Crippen LogP contribution is 2.18. The van der Waals surface area contributed by atoms with E-state index in [1.54, 1.807) is 12.1 Å². The number of amides is 2. The topological polar surface area (TPSA) is 61.4 Å². The maximum atomic E-state index is 13.7. The minimum absolute atomic E-state index is 0.0569. The van der Waals surface area contributed by atoms with Crippen LogP contribution in [0.1, 0.15) is 23.6 Å². The van der Waals surface area contributed by atoms with E-state index in [1.165, 1.54) is 6.07 Å². The molecule has 0 aliphatic carbocycles. The van der Waals surface area contributed by atoms with Crippen molar-refractivity contribution in [2.45, 2.75) is 19.4 Å². The van der Waals surface area contributed by atoms with E-state index in [2.05, 4.69) is 10.6 Å². The van der Waals surface area contributed by atoms with Crippen molar-refractivity contribution in [1.82, 2.24) is 5.32 Å². The Kier molecular flexibility index (Phi) is 5.49. The van der Waals surface area contributed by atoms with E-state index in [1.807, 2.05) is 37.3 Å². The molecule has 0 heterocycles. The van der Waals surface area contributed by atoms with Crippen LogP contribution in [0.3, 0.4) is 0 Å². The van der Waals surface area contributed by atoms with Crippen molar-refractivity contribution < 1.29 is 14.3 Å². The SMILES string of the molecule is Cc1ccc(F)c(NC(=O)N[C@H](CCO)c2ccccc2)c1. The van der Waals surface area contributed by atoms with E-state index in [9.17, 15) is 9.18 Å². The first kappa shape index (κ1) is 16.0. The van der Waals surface area contributed by atoms with Crippen LogP contribution in [0.25, 0.3) is 0 Å². The van der Waals surface area contributed by atoms with Gasteiger partial charge in [0.15, 0.2) is 0 Å². The normalized spacial score (nSPS) is 11.8. The van der Waals surface area contributed by atoms with Gasteiger partial charge in [0.05, 0.1) is 11.7 Å². The van der Waals surface area contributed by atoms with Crippen LogP contribution < -0.4 is 10.6 Å². The number of aliphatic hydroxyl groups is 1. The minimum atomic E-state index is -0.508. The lowest BCUT2D eigenvalue weighted by Crippen LogP contribution is -2.33. The Labute approximate surface area is 129 Å². The third-order valence-corrected chi connectivity index (χ3v) is 3.30. The molecule has 5 heteroatoms. The van der Waals surface area contributed by atoms with Crippen LogP contribution in [0.5, 0.6) is 0 Å². The fourth-order valence-electron chi connectivity index (χ4n) is 2.19. The zero-order valence-corrected chi connectivity index (χ0v) is 12.3. The predicted molar refractivity (Wildman–Crippen MR) is 84.2 cm³/mol. The van der Waals surface area contributed by atoms with Crippen molar-refractivity contribution >= 4 is 11.7 Å². The Morgan fingerprint density at radius 3 is 2.64 bits per heavy atom. The largest absolute Gasteiger partial charge is 0.396 e. The van der Waals surface area contributed by atoms with E-state index >= 15 is 0 Å². The van der Waals surface area contributed by atoms with Crippen LogP contribution in [0.2, 0.25) is 0 Å². The molecular weight excluding hydrogens is 283 g/mol. The molecule has 0 radical (unpaired) electrons. The van der Waals surface area contributed by atoms with Crippen LogP contribution in [0.4, 0.5) is 14.9 Å². The summed E-state index contributed by atoms with van der Waals surface area (Å²) in [5.41, 5.74) is 1.87. The van der Waals surface area contributed by atoms with Crippen LogP contribution in [0, 0.1) is 12.7 Å². The molecule has 0 aliphatic heterocycles. The molecule has 22 heavy (non-hydrogen) atoms. The number of rotatable bonds is 5. The molecule has 2 rings (SSSR count). The van der Waals surface area contributed by atoms with Crippen LogP contribution in [-0.2, 0) is 0 Å². The zero-order chi connectivity index (χ0) is 15.9. The van der Waals surface area contributed by atoms with Gasteiger partial charge in [-0.15, -0.1) is 0 Å². The third-order valence-electron chi connectivity index (χ3n) is 3.30. The first-order chi connectivity index (χ1) is 10.6. The molecule has 2 aromatic carbocycles. The summed E-state index contributed by atoms with van der Waals surface area (Å²) in [4.78, 5) is 12.1. The van der Waals surface area contributed by atoms with Crippen molar-refractivity contribution in [3.8, 4) is 0 Å². The van der Waals surface area contributed by atoms with Crippen molar-refractivity contribution in [2.24, 2.45) is 0 Å². The number of halogens is 1. The minimum Gasteiger partial charge on any atom is -0.396 e. The van der Waals surface area contributed by atoms with E-state index in [0.29, 0.717) is 6.42 Å². The summed E-state index contributed by atoms with van der Waals surface area (Å²) in [6, 6.07) is 13.0. The average molecular weight is 302 g/mol. The molecule has 1 atom stereocenters. The molecule has 0 aromatic heterocycles. The first-order valence-electron chi connectivity index (χ1n) is 7.09. The molecule has 2 amide bonds. The Balaban J connectivity index is 2.07. The number of anilines is 1. The van der Waals surface area contributed by atoms with Gasteiger partial charge in [-0.1, -0.05) is 36.4 Å². The standard InChI is InChI=1S/C17H19FN2O2/c1-12-7-8-14(18)16(11-12)20-17(22)19-15(9-10-21)13-5-3-2-4-6-13/h2-8,11,15,21H,9-10H2,1H3,(H2,19,20,22)/t15-/m1/s1. The highest BCUT2D eigenvalue weighted by atomic mass is 19.1. The van der Waals surface area contributed by atoms with Crippen molar-refractivity contribution in [3.05, 3.63) is 65.5 Å². The lowest BCUT2D eigenvalue weighted by Gasteiger charge is -2.19. The monoisotopic (exact) mass is 302 g/mol. The van der Waals surface area contributed by atoms with Crippen molar-refractivity contribution in [3.63, 3.8) is 0 Å². The summed E-state index contributed by atoms with van der Waals surface area (Å²) in [5.74, 6) is -0.487. The van der Waals surface area contributed by atoms with Gasteiger partial charge in [-0.2, -0.15) is 0 Å². The quantitative estimate of drug-likeness (QED) is 0.793. The number of hydrogen-bond donors (Lipinski definition) is 3. The summed E-state index contributed by atoms with van der Waals surface area (Å²) in [6.07, 6.45) is 0.383. The summed E-state index contributed by atoms with van der Waals surface area (Å²) in [7, 11) is 0. The first-order valence-corrected chi connectivity index (χ1v) is 7.09. The molecule has 0 unspecified atom stereocenters. The highest BCUT2D eigenvalue weighted by Gasteiger charge is 2.15. The van der Waals surface area contributed by atoms with Crippen LogP contribution in [0.15, 0.2) is 48.5 Å². The molecule has 0 saturated carbocycles. The van der Waals surface area contributed by atoms with Crippen molar-refractivity contribution in [1.29, 1.82) is 0 Å². The molecule has 4 nitrogen and oxygen atoms in total. The Bertz CT molecular complexity index is 632. The smallest absolute Gasteiger partial charge is 0.319 e. The van der Waals surface area contributed by atoms with Gasteiger partial charge in [-0.3, -0.25) is 0 Å². The van der Waals surface area contributed by atoms with Gasteiger partial charge in [0, 0.05) is 6.61 Å². The van der Waals surface area contributed by atoms with Crippen LogP contribution in [-0.4, -0.2) is 17.7 Å². The number of aliphatic hydroxyl groups excluding tert-OH is 1. The second-order valence-corrected chi connectivity index (χ2v) is 5.06. The van der Waals surface area contributed by atoms with E-state index in [4.69, 9.17) is 5.11 Å². The maximum Gasteiger partial charge on any atom is 0.319 e. The number of urea groups is 1. The molecule has 0 aliphatic rings. The number of hydrogen-bond acceptors (Lipinski definition) is 2. The molecule has 3 N–H and O–H groups in total. The second-order valence-electron chi connectivity index (χ2n) is 5.06. The van der Waals surface area contributed by atoms with Gasteiger partial charge in [0.25, 0.3) is 0 Å². The molecular formula is C17H19FN2O2. The molecule has 116 valence electrons. The summed E-state index contributed by atoms with van der Waals surface area (Å²) in [5, 5.41) is 14.4. The number of carbonyl (C=O) groups is 1. The molecule has 0 saturated heterocycles. The fraction of sp³-hybridized carbons (Fsp3) is 0.235. The van der Waals surface area contributed by atoms with Crippen LogP contribution >= 0.6 is 0 Å². The van der Waals surface area contributed by atoms with Gasteiger partial charge in [-0.25, -0.2) is 9.18 Å². The van der Waals surface area contributed by atoms with Gasteiger partial charge in [0.2, 0.25) is 0 Å². The Morgan fingerprint density at radius 2 is 1.95 bits per heavy atom. The number of nitrogens with one attached hydrogen (secondary N) is 2. The average Bonchev–Trinajstić information content (AvgIpc) is 2.51. The number of aryl methyl sites for hydroxylation is 1. The molecule has 0 fully saturated rings. The van der Waals surface area contributed by atoms with Gasteiger partial charge < -0.3 is 15.7 Å². The third kappa shape index (κ3) is 4.30. The van der Waals surface area contributed by atoms with E-state index in [-0.39, 0.29) is 18.3 Å². The fourth-order valence-corrected chi connectivity index (χ4v) is 2.19. The molecule has 0 bridgehead atoms. The number of benzene rings is 2. The Morgan fingerprint density at radius 1 is 1.23 bits per heavy atom. The summed E-state index contributed by atoms with van der Waals surface area (Å²) in [6.45, 7) is 1.76. The van der Waals surface area contributed by atoms with E-state index in [0.717, 1.165) is 11.1 Å². The predicted octanol–water partition coefficient (Wildman–Crippen LogP) is 3.38. The van der Waals surface area contributed by atoms with Gasteiger partial charge in [-0.05, 0) is 36.6 Å². The second kappa shape index (κ2) is 7.56. The maximum absolute atomic E-state index is 13.7.